The van der Waals surface area contributed by atoms with Crippen molar-refractivity contribution in [2.45, 2.75) is 21.9 Å². The number of hydrogen-bond donors (Lipinski definition) is 0. The highest BCUT2D eigenvalue weighted by Gasteiger charge is 2.67. The van der Waals surface area contributed by atoms with Crippen LogP contribution in [0.1, 0.15) is 13.8 Å². The first-order valence-electron chi connectivity index (χ1n) is 3.87. The van der Waals surface area contributed by atoms with Gasteiger partial charge in [0.2, 0.25) is 0 Å². The van der Waals surface area contributed by atoms with Gasteiger partial charge >= 0.3 is 0 Å². The Bertz CT molecular complexity index is 228. The highest BCUT2D eigenvalue weighted by Crippen LogP contribution is 2.67. The van der Waals surface area contributed by atoms with Crippen LogP contribution in [0.25, 0.3) is 0 Å². The van der Waals surface area contributed by atoms with Crippen LogP contribution in [0.15, 0.2) is 0 Å². The Hall–Kier alpha value is 1.21. The first-order chi connectivity index (χ1) is 5.76. The maximum atomic E-state index is 10.7. The summed E-state index contributed by atoms with van der Waals surface area (Å²) in [5.41, 5.74) is -0.0310. The summed E-state index contributed by atoms with van der Waals surface area (Å²) >= 11 is 18.5. The van der Waals surface area contributed by atoms with Crippen LogP contribution < -0.4 is 0 Å². The summed E-state index contributed by atoms with van der Waals surface area (Å²) < 4.78 is -0.557. The summed E-state index contributed by atoms with van der Waals surface area (Å²) in [4.78, 5) is 10.2. The van der Waals surface area contributed by atoms with Gasteiger partial charge in [-0.05, 0) is 5.41 Å². The molecule has 0 heterocycles. The van der Waals surface area contributed by atoms with E-state index in [2.05, 4.69) is 31.9 Å². The minimum Gasteiger partial charge on any atom is -0.303 e. The zero-order valence-electron chi connectivity index (χ0n) is 7.23. The second kappa shape index (κ2) is 3.66. The summed E-state index contributed by atoms with van der Waals surface area (Å²) in [5, 5.41) is 0. The molecular formula is C8H10Br2Cl2O. The first kappa shape index (κ1) is 12.3. The summed E-state index contributed by atoms with van der Waals surface area (Å²) in [7, 11) is 0. The molecule has 2 atom stereocenters. The van der Waals surface area contributed by atoms with Gasteiger partial charge in [-0.3, -0.25) is 0 Å². The van der Waals surface area contributed by atoms with Gasteiger partial charge in [0.05, 0.1) is 0 Å². The average molecular weight is 353 g/mol. The van der Waals surface area contributed by atoms with Crippen molar-refractivity contribution in [3.05, 3.63) is 0 Å². The average Bonchev–Trinajstić information content (AvgIpc) is 2.53. The SMILES string of the molecule is CC1(C)C(C=O)C1C(Br)(Br)C(Cl)Cl. The molecule has 1 aliphatic carbocycles. The van der Waals surface area contributed by atoms with Crippen LogP contribution in [-0.4, -0.2) is 14.4 Å². The molecule has 1 fully saturated rings. The Balaban J connectivity index is 2.82. The number of aldehydes is 1. The van der Waals surface area contributed by atoms with Gasteiger partial charge in [0.15, 0.2) is 0 Å². The zero-order chi connectivity index (χ0) is 10.4. The molecule has 1 rings (SSSR count). The topological polar surface area (TPSA) is 17.1 Å². The van der Waals surface area contributed by atoms with Gasteiger partial charge in [0.25, 0.3) is 0 Å². The third kappa shape index (κ3) is 1.95. The van der Waals surface area contributed by atoms with Gasteiger partial charge < -0.3 is 4.79 Å². The second-order valence-corrected chi connectivity index (χ2v) is 8.72. The Morgan fingerprint density at radius 1 is 1.46 bits per heavy atom. The molecule has 0 radical (unpaired) electrons. The van der Waals surface area contributed by atoms with Gasteiger partial charge in [-0.2, -0.15) is 0 Å². The zero-order valence-corrected chi connectivity index (χ0v) is 11.9. The predicted octanol–water partition coefficient (Wildman–Crippen LogP) is 3.75. The van der Waals surface area contributed by atoms with Crippen LogP contribution in [0.2, 0.25) is 0 Å². The molecule has 1 aliphatic rings. The van der Waals surface area contributed by atoms with Crippen molar-refractivity contribution < 1.29 is 4.79 Å². The van der Waals surface area contributed by atoms with E-state index < -0.39 is 8.07 Å². The number of rotatable bonds is 3. The maximum absolute atomic E-state index is 10.7. The highest BCUT2D eigenvalue weighted by atomic mass is 79.9. The van der Waals surface area contributed by atoms with E-state index in [1.54, 1.807) is 0 Å². The monoisotopic (exact) mass is 350 g/mol. The molecule has 0 saturated heterocycles. The number of halogens is 4. The fourth-order valence-electron chi connectivity index (χ4n) is 1.80. The number of carbonyl (C=O) groups is 1. The highest BCUT2D eigenvalue weighted by molar-refractivity contribution is 9.25. The summed E-state index contributed by atoms with van der Waals surface area (Å²) in [6, 6.07) is 0. The van der Waals surface area contributed by atoms with Crippen molar-refractivity contribution in [2.24, 2.45) is 17.3 Å². The summed E-state index contributed by atoms with van der Waals surface area (Å²) in [6.07, 6.45) is 0.970. The molecule has 1 saturated carbocycles. The van der Waals surface area contributed by atoms with Crippen molar-refractivity contribution in [3.63, 3.8) is 0 Å². The quantitative estimate of drug-likeness (QED) is 0.558. The van der Waals surface area contributed by atoms with Gasteiger partial charge in [-0.25, -0.2) is 0 Å². The van der Waals surface area contributed by atoms with Crippen molar-refractivity contribution in [1.29, 1.82) is 0 Å². The molecule has 0 spiro atoms. The Morgan fingerprint density at radius 3 is 2.15 bits per heavy atom. The normalized spacial score (nSPS) is 31.9. The van der Waals surface area contributed by atoms with Crippen LogP contribution in [0, 0.1) is 17.3 Å². The third-order valence-electron chi connectivity index (χ3n) is 2.76. The molecule has 1 nitrogen and oxygen atoms in total. The summed E-state index contributed by atoms with van der Waals surface area (Å²) in [5.74, 6) is 0.156. The van der Waals surface area contributed by atoms with Crippen molar-refractivity contribution in [1.82, 2.24) is 0 Å². The minimum absolute atomic E-state index is 0.0197. The molecule has 0 amide bonds. The minimum atomic E-state index is -0.582. The van der Waals surface area contributed by atoms with Gasteiger partial charge in [0, 0.05) is 11.8 Å². The first-order valence-corrected chi connectivity index (χ1v) is 6.33. The summed E-state index contributed by atoms with van der Waals surface area (Å²) in [6.45, 7) is 4.06. The van der Waals surface area contributed by atoms with E-state index >= 15 is 0 Å². The number of hydrogen-bond acceptors (Lipinski definition) is 1. The van der Waals surface area contributed by atoms with Crippen LogP contribution in [-0.2, 0) is 4.79 Å². The van der Waals surface area contributed by atoms with Crippen molar-refractivity contribution in [2.75, 3.05) is 0 Å². The van der Waals surface area contributed by atoms with E-state index in [4.69, 9.17) is 23.2 Å². The van der Waals surface area contributed by atoms with Crippen molar-refractivity contribution >= 4 is 61.3 Å². The fraction of sp³-hybridized carbons (Fsp3) is 0.875. The van der Waals surface area contributed by atoms with Crippen LogP contribution >= 0.6 is 55.1 Å². The largest absolute Gasteiger partial charge is 0.303 e. The molecule has 0 aromatic carbocycles. The molecule has 2 unspecified atom stereocenters. The third-order valence-corrected chi connectivity index (χ3v) is 6.41. The Morgan fingerprint density at radius 2 is 1.92 bits per heavy atom. The second-order valence-electron chi connectivity index (χ2n) is 3.94. The molecule has 5 heteroatoms. The lowest BCUT2D eigenvalue weighted by Crippen LogP contribution is -2.26. The number of alkyl halides is 4. The molecule has 0 aliphatic heterocycles. The van der Waals surface area contributed by atoms with Gasteiger partial charge in [-0.15, -0.1) is 23.2 Å². The molecule has 13 heavy (non-hydrogen) atoms. The lowest BCUT2D eigenvalue weighted by Gasteiger charge is -2.23. The van der Waals surface area contributed by atoms with Crippen molar-refractivity contribution in [3.8, 4) is 0 Å². The molecular weight excluding hydrogens is 343 g/mol. The van der Waals surface area contributed by atoms with Gasteiger partial charge in [-0.1, -0.05) is 45.7 Å². The van der Waals surface area contributed by atoms with E-state index in [9.17, 15) is 4.79 Å². The van der Waals surface area contributed by atoms with E-state index in [0.717, 1.165) is 6.29 Å². The van der Waals surface area contributed by atoms with E-state index in [1.165, 1.54) is 0 Å². The molecule has 0 aromatic rings. The number of carbonyl (C=O) groups excluding carboxylic acids is 1. The van der Waals surface area contributed by atoms with E-state index in [1.807, 2.05) is 13.8 Å². The van der Waals surface area contributed by atoms with Crippen LogP contribution in [0.5, 0.6) is 0 Å². The lowest BCUT2D eigenvalue weighted by molar-refractivity contribution is -0.109. The molecule has 76 valence electrons. The Labute approximate surface area is 105 Å². The van der Waals surface area contributed by atoms with Gasteiger partial charge in [0.1, 0.15) is 14.4 Å². The molecule has 0 aromatic heterocycles. The Kier molecular flexibility index (Phi) is 3.45. The fourth-order valence-corrected chi connectivity index (χ4v) is 3.82. The standard InChI is InChI=1S/C8H10Br2Cl2O/c1-7(2)4(3-13)5(7)8(9,10)6(11)12/h3-6H,1-2H3. The smallest absolute Gasteiger partial charge is 0.133 e. The molecule has 0 N–H and O–H groups in total. The van der Waals surface area contributed by atoms with E-state index in [-0.39, 0.29) is 17.3 Å². The maximum Gasteiger partial charge on any atom is 0.133 e. The van der Waals surface area contributed by atoms with Crippen LogP contribution in [0.4, 0.5) is 0 Å². The lowest BCUT2D eigenvalue weighted by atomic mass is 10.1. The molecule has 0 bridgehead atoms. The predicted molar refractivity (Wildman–Crippen MR) is 62.9 cm³/mol. The van der Waals surface area contributed by atoms with Crippen LogP contribution in [0.3, 0.4) is 0 Å². The van der Waals surface area contributed by atoms with E-state index in [0.29, 0.717) is 0 Å².